The van der Waals surface area contributed by atoms with E-state index >= 15 is 0 Å². The molecule has 1 aromatic rings. The Morgan fingerprint density at radius 3 is 2.40 bits per heavy atom. The molecule has 0 aliphatic heterocycles. The van der Waals surface area contributed by atoms with Crippen LogP contribution in [0.25, 0.3) is 0 Å². The first-order valence-electron chi connectivity index (χ1n) is 7.33. The molecular formula is C16H23BrO2Si. The molecule has 110 valence electrons. The Balaban J connectivity index is 2.28. The van der Waals surface area contributed by atoms with Crippen LogP contribution >= 0.6 is 15.9 Å². The van der Waals surface area contributed by atoms with Crippen molar-refractivity contribution in [1.29, 1.82) is 0 Å². The van der Waals surface area contributed by atoms with Gasteiger partial charge in [-0.05, 0) is 50.2 Å². The molecule has 4 heteroatoms. The van der Waals surface area contributed by atoms with Crippen LogP contribution < -0.4 is 0 Å². The van der Waals surface area contributed by atoms with Gasteiger partial charge in [-0.3, -0.25) is 4.79 Å². The quantitative estimate of drug-likeness (QED) is 0.703. The van der Waals surface area contributed by atoms with Crippen molar-refractivity contribution in [2.75, 3.05) is 0 Å². The van der Waals surface area contributed by atoms with Gasteiger partial charge >= 0.3 is 0 Å². The van der Waals surface area contributed by atoms with Crippen molar-refractivity contribution < 1.29 is 9.22 Å². The van der Waals surface area contributed by atoms with E-state index in [1.54, 1.807) is 0 Å². The van der Waals surface area contributed by atoms with Gasteiger partial charge in [0.2, 0.25) is 0 Å². The van der Waals surface area contributed by atoms with Crippen LogP contribution in [0.5, 0.6) is 0 Å². The summed E-state index contributed by atoms with van der Waals surface area (Å²) in [5, 5.41) is 0. The first-order chi connectivity index (χ1) is 9.37. The number of ketones is 1. The Bertz CT molecular complexity index is 464. The predicted octanol–water partition coefficient (Wildman–Crippen LogP) is 5.10. The number of hydrogen-bond acceptors (Lipinski definition) is 2. The fourth-order valence-electron chi connectivity index (χ4n) is 2.75. The van der Waals surface area contributed by atoms with Crippen molar-refractivity contribution in [1.82, 2.24) is 0 Å². The second-order valence-corrected chi connectivity index (χ2v) is 11.9. The predicted molar refractivity (Wildman–Crippen MR) is 88.3 cm³/mol. The van der Waals surface area contributed by atoms with Gasteiger partial charge < -0.3 is 4.43 Å². The first-order valence-corrected chi connectivity index (χ1v) is 11.5. The van der Waals surface area contributed by atoms with E-state index in [2.05, 4.69) is 47.7 Å². The normalized spacial score (nSPS) is 21.8. The third kappa shape index (κ3) is 4.27. The lowest BCUT2D eigenvalue weighted by molar-refractivity contribution is -0.128. The maximum Gasteiger partial charge on any atom is 0.184 e. The highest BCUT2D eigenvalue weighted by atomic mass is 79.9. The van der Waals surface area contributed by atoms with Crippen LogP contribution in [-0.4, -0.2) is 14.1 Å². The summed E-state index contributed by atoms with van der Waals surface area (Å²) >= 11 is 3.46. The summed E-state index contributed by atoms with van der Waals surface area (Å²) in [4.78, 5) is 12.3. The third-order valence-corrected chi connectivity index (χ3v) is 5.14. The molecule has 0 unspecified atom stereocenters. The van der Waals surface area contributed by atoms with Crippen molar-refractivity contribution in [3.8, 4) is 0 Å². The molecule has 0 amide bonds. The van der Waals surface area contributed by atoms with E-state index in [-0.39, 0.29) is 12.0 Å². The van der Waals surface area contributed by atoms with E-state index in [0.29, 0.717) is 12.2 Å². The highest BCUT2D eigenvalue weighted by Crippen LogP contribution is 2.37. The molecule has 0 N–H and O–H groups in total. The third-order valence-electron chi connectivity index (χ3n) is 3.65. The van der Waals surface area contributed by atoms with Crippen molar-refractivity contribution in [3.63, 3.8) is 0 Å². The van der Waals surface area contributed by atoms with Gasteiger partial charge in [0.05, 0.1) is 6.10 Å². The largest absolute Gasteiger partial charge is 0.410 e. The van der Waals surface area contributed by atoms with Gasteiger partial charge in [0.15, 0.2) is 8.32 Å². The fourth-order valence-corrected chi connectivity index (χ4v) is 4.07. The Labute approximate surface area is 131 Å². The Hall–Kier alpha value is -0.453. The molecule has 1 aliphatic carbocycles. The Morgan fingerprint density at radius 2 is 1.85 bits per heavy atom. The van der Waals surface area contributed by atoms with E-state index in [0.717, 1.165) is 29.3 Å². The average molecular weight is 355 g/mol. The number of hydrogen-bond donors (Lipinski definition) is 0. The van der Waals surface area contributed by atoms with E-state index in [1.165, 1.54) is 0 Å². The molecule has 0 bridgehead atoms. The van der Waals surface area contributed by atoms with Gasteiger partial charge in [0, 0.05) is 16.8 Å². The van der Waals surface area contributed by atoms with Gasteiger partial charge in [-0.1, -0.05) is 34.5 Å². The van der Waals surface area contributed by atoms with Gasteiger partial charge in [-0.15, -0.1) is 0 Å². The minimum atomic E-state index is -1.69. The van der Waals surface area contributed by atoms with E-state index in [9.17, 15) is 4.79 Å². The van der Waals surface area contributed by atoms with Gasteiger partial charge in [0.1, 0.15) is 5.78 Å². The van der Waals surface area contributed by atoms with Crippen LogP contribution in [0, 0.1) is 5.92 Å². The summed E-state index contributed by atoms with van der Waals surface area (Å²) in [6.45, 7) is 6.56. The lowest BCUT2D eigenvalue weighted by Gasteiger charge is -2.34. The molecular weight excluding hydrogens is 332 g/mol. The van der Waals surface area contributed by atoms with Crippen molar-refractivity contribution >= 4 is 30.0 Å². The van der Waals surface area contributed by atoms with Crippen LogP contribution in [0.1, 0.15) is 37.4 Å². The van der Waals surface area contributed by atoms with Crippen molar-refractivity contribution in [2.24, 2.45) is 5.92 Å². The summed E-state index contributed by atoms with van der Waals surface area (Å²) in [6, 6.07) is 8.22. The molecule has 2 rings (SSSR count). The minimum absolute atomic E-state index is 0.0386. The molecule has 1 aromatic carbocycles. The molecule has 1 saturated carbocycles. The number of benzene rings is 1. The summed E-state index contributed by atoms with van der Waals surface area (Å²) in [5.41, 5.74) is 1.14. The van der Waals surface area contributed by atoms with Crippen molar-refractivity contribution in [2.45, 2.75) is 51.4 Å². The molecule has 20 heavy (non-hydrogen) atoms. The summed E-state index contributed by atoms with van der Waals surface area (Å²) in [7, 11) is -1.69. The van der Waals surface area contributed by atoms with E-state index < -0.39 is 8.32 Å². The molecule has 1 aliphatic rings. The number of carbonyl (C=O) groups excluding carboxylic acids is 1. The zero-order valence-corrected chi connectivity index (χ0v) is 15.1. The standard InChI is InChI=1S/C16H23BrO2Si/c1-20(2,3)19-16(12-8-10-13(17)11-9-12)14-6-4-5-7-15(14)18/h8-11,14,16H,4-7H2,1-3H3/t14-,16+/m0/s1. The zero-order valence-electron chi connectivity index (χ0n) is 12.5. The highest BCUT2D eigenvalue weighted by molar-refractivity contribution is 9.10. The molecule has 1 fully saturated rings. The van der Waals surface area contributed by atoms with Crippen LogP contribution in [-0.2, 0) is 9.22 Å². The molecule has 0 saturated heterocycles. The SMILES string of the molecule is C[Si](C)(C)O[C@H](c1ccc(Br)cc1)[C@H]1CCCCC1=O. The maximum absolute atomic E-state index is 12.3. The smallest absolute Gasteiger partial charge is 0.184 e. The summed E-state index contributed by atoms with van der Waals surface area (Å²) in [5.74, 6) is 0.416. The van der Waals surface area contributed by atoms with Crippen LogP contribution in [0.2, 0.25) is 19.6 Å². The van der Waals surface area contributed by atoms with E-state index in [4.69, 9.17) is 4.43 Å². The molecule has 0 radical (unpaired) electrons. The van der Waals surface area contributed by atoms with Gasteiger partial charge in [0.25, 0.3) is 0 Å². The second kappa shape index (κ2) is 6.54. The average Bonchev–Trinajstić information content (AvgIpc) is 2.37. The van der Waals surface area contributed by atoms with Crippen LogP contribution in [0.3, 0.4) is 0 Å². The first kappa shape index (κ1) is 15.9. The lowest BCUT2D eigenvalue weighted by Crippen LogP contribution is -2.35. The molecule has 0 spiro atoms. The lowest BCUT2D eigenvalue weighted by atomic mass is 9.82. The number of Topliss-reactive ketones (excluding diaryl/α,β-unsaturated/α-hetero) is 1. The van der Waals surface area contributed by atoms with Gasteiger partial charge in [-0.25, -0.2) is 0 Å². The minimum Gasteiger partial charge on any atom is -0.410 e. The molecule has 2 nitrogen and oxygen atoms in total. The van der Waals surface area contributed by atoms with Gasteiger partial charge in [-0.2, -0.15) is 0 Å². The Morgan fingerprint density at radius 1 is 1.20 bits per heavy atom. The molecule has 0 aromatic heterocycles. The topological polar surface area (TPSA) is 26.3 Å². The molecule has 2 atom stereocenters. The fraction of sp³-hybridized carbons (Fsp3) is 0.562. The number of rotatable bonds is 4. The zero-order chi connectivity index (χ0) is 14.8. The van der Waals surface area contributed by atoms with E-state index in [1.807, 2.05) is 12.1 Å². The number of carbonyl (C=O) groups is 1. The maximum atomic E-state index is 12.3. The highest BCUT2D eigenvalue weighted by Gasteiger charge is 2.34. The van der Waals surface area contributed by atoms with Crippen LogP contribution in [0.4, 0.5) is 0 Å². The summed E-state index contributed by atoms with van der Waals surface area (Å²) < 4.78 is 7.43. The van der Waals surface area contributed by atoms with Crippen molar-refractivity contribution in [3.05, 3.63) is 34.3 Å². The van der Waals surface area contributed by atoms with Crippen LogP contribution in [0.15, 0.2) is 28.7 Å². The molecule has 0 heterocycles. The Kier molecular flexibility index (Phi) is 5.21. The second-order valence-electron chi connectivity index (χ2n) is 6.52. The summed E-state index contributed by atoms with van der Waals surface area (Å²) in [6.07, 6.45) is 3.78. The monoisotopic (exact) mass is 354 g/mol. The number of halogens is 1.